The van der Waals surface area contributed by atoms with Crippen LogP contribution in [0.15, 0.2) is 24.4 Å². The van der Waals surface area contributed by atoms with Crippen molar-refractivity contribution in [1.82, 2.24) is 10.5 Å². The Balaban J connectivity index is 2.19. The van der Waals surface area contributed by atoms with Gasteiger partial charge in [0, 0.05) is 6.20 Å². The van der Waals surface area contributed by atoms with E-state index < -0.39 is 6.09 Å². The molecule has 76 valence electrons. The molecule has 0 fully saturated rings. The minimum atomic E-state index is -0.594. The molecule has 0 saturated carbocycles. The second-order valence-electron chi connectivity index (χ2n) is 2.43. The van der Waals surface area contributed by atoms with E-state index in [1.807, 2.05) is 12.1 Å². The largest absolute Gasteiger partial charge is 0.448 e. The second-order valence-corrected chi connectivity index (χ2v) is 2.43. The van der Waals surface area contributed by atoms with E-state index >= 15 is 0 Å². The molecule has 0 unspecified atom stereocenters. The number of hydrogen-bond donors (Lipinski definition) is 1. The third kappa shape index (κ3) is 3.86. The Kier molecular flexibility index (Phi) is 4.43. The van der Waals surface area contributed by atoms with Gasteiger partial charge in [0.15, 0.2) is 0 Å². The highest BCUT2D eigenvalue weighted by Gasteiger charge is 1.99. The quantitative estimate of drug-likeness (QED) is 0.736. The van der Waals surface area contributed by atoms with Gasteiger partial charge in [-0.25, -0.2) is 4.79 Å². The first-order valence-corrected chi connectivity index (χ1v) is 4.27. The Morgan fingerprint density at radius 1 is 1.57 bits per heavy atom. The molecule has 1 aromatic rings. The van der Waals surface area contributed by atoms with Crippen LogP contribution in [0.25, 0.3) is 0 Å². The minimum Gasteiger partial charge on any atom is -0.448 e. The van der Waals surface area contributed by atoms with Gasteiger partial charge in [0.2, 0.25) is 0 Å². The molecule has 0 saturated heterocycles. The molecule has 0 aliphatic heterocycles. The molecule has 14 heavy (non-hydrogen) atoms. The van der Waals surface area contributed by atoms with Gasteiger partial charge in [-0.2, -0.15) is 5.48 Å². The van der Waals surface area contributed by atoms with Gasteiger partial charge in [-0.05, 0) is 19.1 Å². The smallest absolute Gasteiger partial charge is 0.431 e. The first-order chi connectivity index (χ1) is 6.83. The Hall–Kier alpha value is -1.62. The standard InChI is InChI=1S/C9H12N2O3/c1-2-13-9(12)11-14-7-8-5-3-4-6-10-8/h3-6H,2,7H2,1H3,(H,11,12). The van der Waals surface area contributed by atoms with Gasteiger partial charge in [0.25, 0.3) is 0 Å². The molecule has 0 radical (unpaired) electrons. The fraction of sp³-hybridized carbons (Fsp3) is 0.333. The predicted molar refractivity (Wildman–Crippen MR) is 49.2 cm³/mol. The number of ether oxygens (including phenoxy) is 1. The van der Waals surface area contributed by atoms with Crippen molar-refractivity contribution in [3.05, 3.63) is 30.1 Å². The van der Waals surface area contributed by atoms with E-state index in [-0.39, 0.29) is 6.61 Å². The number of nitrogens with zero attached hydrogens (tertiary/aromatic N) is 1. The summed E-state index contributed by atoms with van der Waals surface area (Å²) in [7, 11) is 0. The van der Waals surface area contributed by atoms with Crippen LogP contribution < -0.4 is 5.48 Å². The summed E-state index contributed by atoms with van der Waals surface area (Å²) in [5.41, 5.74) is 2.87. The van der Waals surface area contributed by atoms with Gasteiger partial charge in [-0.15, -0.1) is 0 Å². The van der Waals surface area contributed by atoms with E-state index in [1.54, 1.807) is 19.2 Å². The molecular weight excluding hydrogens is 184 g/mol. The molecule has 1 N–H and O–H groups in total. The minimum absolute atomic E-state index is 0.222. The number of carbonyl (C=O) groups is 1. The zero-order chi connectivity index (χ0) is 10.2. The monoisotopic (exact) mass is 196 g/mol. The summed E-state index contributed by atoms with van der Waals surface area (Å²) in [6.45, 7) is 2.26. The normalized spacial score (nSPS) is 9.50. The lowest BCUT2D eigenvalue weighted by atomic mass is 10.4. The Labute approximate surface area is 82.0 Å². The average molecular weight is 196 g/mol. The number of hydrogen-bond acceptors (Lipinski definition) is 4. The summed E-state index contributed by atoms with van der Waals surface area (Å²) in [6, 6.07) is 5.45. The Morgan fingerprint density at radius 3 is 3.07 bits per heavy atom. The molecule has 0 bridgehead atoms. The highest BCUT2D eigenvalue weighted by Crippen LogP contribution is 1.94. The molecule has 1 heterocycles. The van der Waals surface area contributed by atoms with Crippen molar-refractivity contribution in [2.75, 3.05) is 6.61 Å². The van der Waals surface area contributed by atoms with Crippen molar-refractivity contribution in [2.45, 2.75) is 13.5 Å². The molecular formula is C9H12N2O3. The maximum atomic E-state index is 10.8. The number of pyridine rings is 1. The lowest BCUT2D eigenvalue weighted by molar-refractivity contribution is 0.0185. The summed E-state index contributed by atoms with van der Waals surface area (Å²) in [5, 5.41) is 0. The molecule has 1 aromatic heterocycles. The van der Waals surface area contributed by atoms with Crippen LogP contribution in [0.2, 0.25) is 0 Å². The zero-order valence-electron chi connectivity index (χ0n) is 7.90. The van der Waals surface area contributed by atoms with Gasteiger partial charge >= 0.3 is 6.09 Å². The Bertz CT molecular complexity index is 277. The van der Waals surface area contributed by atoms with Crippen LogP contribution in [0.4, 0.5) is 4.79 Å². The SMILES string of the molecule is CCOC(=O)NOCc1ccccn1. The molecule has 1 amide bonds. The lowest BCUT2D eigenvalue weighted by Crippen LogP contribution is -2.24. The first-order valence-electron chi connectivity index (χ1n) is 4.27. The van der Waals surface area contributed by atoms with Gasteiger partial charge in [0.1, 0.15) is 6.61 Å². The van der Waals surface area contributed by atoms with Crippen molar-refractivity contribution < 1.29 is 14.4 Å². The lowest BCUT2D eigenvalue weighted by Gasteiger charge is -2.04. The zero-order valence-corrected chi connectivity index (χ0v) is 7.90. The molecule has 1 rings (SSSR count). The molecule has 0 aliphatic carbocycles. The van der Waals surface area contributed by atoms with E-state index in [0.717, 1.165) is 5.69 Å². The van der Waals surface area contributed by atoms with E-state index in [9.17, 15) is 4.79 Å². The highest BCUT2D eigenvalue weighted by molar-refractivity contribution is 5.65. The average Bonchev–Trinajstić information content (AvgIpc) is 2.20. The number of hydroxylamine groups is 1. The number of aromatic nitrogens is 1. The van der Waals surface area contributed by atoms with Crippen molar-refractivity contribution >= 4 is 6.09 Å². The number of amides is 1. The fourth-order valence-electron chi connectivity index (χ4n) is 0.813. The molecule has 0 spiro atoms. The van der Waals surface area contributed by atoms with E-state index in [0.29, 0.717) is 6.61 Å². The highest BCUT2D eigenvalue weighted by atomic mass is 16.7. The van der Waals surface area contributed by atoms with E-state index in [4.69, 9.17) is 4.84 Å². The predicted octanol–water partition coefficient (Wildman–Crippen LogP) is 1.26. The summed E-state index contributed by atoms with van der Waals surface area (Å²) < 4.78 is 4.58. The maximum Gasteiger partial charge on any atom is 0.431 e. The maximum absolute atomic E-state index is 10.8. The molecule has 5 nitrogen and oxygen atoms in total. The molecule has 0 aromatic carbocycles. The first kappa shape index (κ1) is 10.5. The summed E-state index contributed by atoms with van der Waals surface area (Å²) in [6.07, 6.45) is 1.06. The second kappa shape index (κ2) is 5.93. The van der Waals surface area contributed by atoms with Crippen LogP contribution in [0.5, 0.6) is 0 Å². The fourth-order valence-corrected chi connectivity index (χ4v) is 0.813. The van der Waals surface area contributed by atoms with Crippen LogP contribution >= 0.6 is 0 Å². The van der Waals surface area contributed by atoms with E-state index in [2.05, 4.69) is 15.2 Å². The number of rotatable bonds is 4. The molecule has 0 atom stereocenters. The number of carbonyl (C=O) groups excluding carboxylic acids is 1. The van der Waals surface area contributed by atoms with Crippen LogP contribution in [-0.2, 0) is 16.2 Å². The van der Waals surface area contributed by atoms with Gasteiger partial charge in [0.05, 0.1) is 12.3 Å². The third-order valence-corrected chi connectivity index (χ3v) is 1.38. The Morgan fingerprint density at radius 2 is 2.43 bits per heavy atom. The van der Waals surface area contributed by atoms with Crippen LogP contribution in [0.3, 0.4) is 0 Å². The van der Waals surface area contributed by atoms with Crippen LogP contribution in [0, 0.1) is 0 Å². The van der Waals surface area contributed by atoms with Gasteiger partial charge in [-0.3, -0.25) is 9.82 Å². The van der Waals surface area contributed by atoms with Crippen molar-refractivity contribution in [1.29, 1.82) is 0 Å². The third-order valence-electron chi connectivity index (χ3n) is 1.38. The summed E-state index contributed by atoms with van der Waals surface area (Å²) in [5.74, 6) is 0. The van der Waals surface area contributed by atoms with Gasteiger partial charge < -0.3 is 4.74 Å². The molecule has 5 heteroatoms. The topological polar surface area (TPSA) is 60.5 Å². The van der Waals surface area contributed by atoms with Gasteiger partial charge in [-0.1, -0.05) is 6.07 Å². The van der Waals surface area contributed by atoms with Crippen LogP contribution in [0.1, 0.15) is 12.6 Å². The summed E-state index contributed by atoms with van der Waals surface area (Å²) in [4.78, 5) is 19.6. The number of nitrogens with one attached hydrogen (secondary N) is 1. The van der Waals surface area contributed by atoms with E-state index in [1.165, 1.54) is 0 Å². The van der Waals surface area contributed by atoms with Crippen molar-refractivity contribution in [2.24, 2.45) is 0 Å². The summed E-state index contributed by atoms with van der Waals surface area (Å²) >= 11 is 0. The van der Waals surface area contributed by atoms with Crippen molar-refractivity contribution in [3.63, 3.8) is 0 Å². The van der Waals surface area contributed by atoms with Crippen molar-refractivity contribution in [3.8, 4) is 0 Å². The van der Waals surface area contributed by atoms with Crippen LogP contribution in [-0.4, -0.2) is 17.7 Å². The molecule has 0 aliphatic rings.